The molecule has 0 spiro atoms. The first-order valence-corrected chi connectivity index (χ1v) is 20.3. The molecule has 0 saturated carbocycles. The van der Waals surface area contributed by atoms with Gasteiger partial charge in [-0.2, -0.15) is 0 Å². The molecule has 0 saturated heterocycles. The van der Waals surface area contributed by atoms with Crippen LogP contribution in [-0.4, -0.2) is 14.5 Å². The van der Waals surface area contributed by atoms with E-state index in [1.807, 2.05) is 24.3 Å². The maximum atomic E-state index is 5.17. The molecule has 2 aliphatic carbocycles. The Labute approximate surface area is 339 Å². The van der Waals surface area contributed by atoms with Gasteiger partial charge in [0.15, 0.2) is 5.82 Å². The molecule has 0 radical (unpaired) electrons. The van der Waals surface area contributed by atoms with E-state index in [0.29, 0.717) is 11.8 Å². The molecule has 58 heavy (non-hydrogen) atoms. The molecule has 0 N–H and O–H groups in total. The van der Waals surface area contributed by atoms with Crippen LogP contribution in [0.5, 0.6) is 0 Å². The van der Waals surface area contributed by atoms with Gasteiger partial charge in [-0.15, -0.1) is 0 Å². The molecule has 2 aromatic heterocycles. The second kappa shape index (κ2) is 13.6. The third kappa shape index (κ3) is 5.59. The molecule has 8 aromatic rings. The molecule has 3 aliphatic rings. The van der Waals surface area contributed by atoms with Gasteiger partial charge in [0, 0.05) is 61.6 Å². The van der Waals surface area contributed by atoms with E-state index in [2.05, 4.69) is 193 Å². The number of aromatic nitrogens is 3. The topological polar surface area (TPSA) is 34.0 Å². The fourth-order valence-corrected chi connectivity index (χ4v) is 9.60. The summed E-state index contributed by atoms with van der Waals surface area (Å²) in [6, 6.07) is 58.4. The molecule has 0 bridgehead atoms. The van der Waals surface area contributed by atoms with Gasteiger partial charge in [0.1, 0.15) is 0 Å². The molecular weight excluding hydrogens is 705 g/mol. The van der Waals surface area contributed by atoms with Gasteiger partial charge in [-0.25, -0.2) is 9.97 Å². The van der Waals surface area contributed by atoms with Crippen molar-refractivity contribution in [3.05, 3.63) is 217 Å². The maximum absolute atomic E-state index is 5.17. The minimum Gasteiger partial charge on any atom is -0.314 e. The van der Waals surface area contributed by atoms with E-state index in [9.17, 15) is 0 Å². The Morgan fingerprint density at radius 1 is 0.603 bits per heavy atom. The highest BCUT2D eigenvalue weighted by atomic mass is 15.2. The van der Waals surface area contributed by atoms with Crippen LogP contribution in [-0.2, 0) is 5.41 Å². The lowest BCUT2D eigenvalue weighted by molar-refractivity contribution is 0.491. The van der Waals surface area contributed by atoms with E-state index < -0.39 is 0 Å². The first-order chi connectivity index (χ1) is 28.5. The standard InChI is InChI=1S/C54H42N4/c1-36-16-14-27-50-52(36)45-35-54(2,40-28-29-44-43-25-12-13-26-48(43)57(51(44)33-40)41-22-10-5-11-23-41)31-30-49(45)58(50)42-24-15-21-39(32-42)47-34-46(37-17-6-3-7-18-37)55-53(56-47)38-19-8-4-9-20-38/h3-34,36,52H,35H2,1-2H3. The van der Waals surface area contributed by atoms with Crippen molar-refractivity contribution in [1.82, 2.24) is 14.5 Å². The highest BCUT2D eigenvalue weighted by molar-refractivity contribution is 6.09. The van der Waals surface area contributed by atoms with Crippen molar-refractivity contribution in [3.63, 3.8) is 0 Å². The van der Waals surface area contributed by atoms with Crippen LogP contribution in [0.25, 0.3) is 61.4 Å². The molecule has 11 rings (SSSR count). The van der Waals surface area contributed by atoms with E-state index in [1.165, 1.54) is 50.0 Å². The largest absolute Gasteiger partial charge is 0.314 e. The van der Waals surface area contributed by atoms with Crippen molar-refractivity contribution in [2.45, 2.75) is 25.7 Å². The number of hydrogen-bond acceptors (Lipinski definition) is 3. The fourth-order valence-electron chi connectivity index (χ4n) is 9.60. The van der Waals surface area contributed by atoms with E-state index in [0.717, 1.165) is 46.0 Å². The van der Waals surface area contributed by atoms with Gasteiger partial charge in [-0.1, -0.05) is 153 Å². The Kier molecular flexibility index (Phi) is 8.01. The Bertz CT molecular complexity index is 2950. The molecule has 0 fully saturated rings. The molecule has 3 unspecified atom stereocenters. The van der Waals surface area contributed by atoms with Crippen LogP contribution >= 0.6 is 0 Å². The third-order valence-corrected chi connectivity index (χ3v) is 12.5. The van der Waals surface area contributed by atoms with Gasteiger partial charge in [0.05, 0.1) is 22.4 Å². The van der Waals surface area contributed by atoms with Crippen molar-refractivity contribution in [2.24, 2.45) is 11.8 Å². The lowest BCUT2D eigenvalue weighted by atomic mass is 9.69. The van der Waals surface area contributed by atoms with Crippen molar-refractivity contribution in [3.8, 4) is 39.6 Å². The van der Waals surface area contributed by atoms with Crippen molar-refractivity contribution in [2.75, 3.05) is 4.90 Å². The number of fused-ring (bicyclic) bond motifs is 5. The molecule has 6 aromatic carbocycles. The summed E-state index contributed by atoms with van der Waals surface area (Å²) in [5, 5.41) is 2.56. The first kappa shape index (κ1) is 34.2. The van der Waals surface area contributed by atoms with Crippen molar-refractivity contribution < 1.29 is 0 Å². The SMILES string of the molecule is CC1C=CC=C2C1C1=C(C=CC(C)(c3ccc4c5ccccc5n(-c5ccccc5)c4c3)C1)N2c1cccc(-c2cc(-c3ccccc3)nc(-c3ccccc3)n2)c1. The number of rotatable bonds is 6. The van der Waals surface area contributed by atoms with Crippen LogP contribution in [0, 0.1) is 11.8 Å². The van der Waals surface area contributed by atoms with Gasteiger partial charge in [-0.05, 0) is 78.1 Å². The van der Waals surface area contributed by atoms with E-state index in [4.69, 9.17) is 9.97 Å². The fraction of sp³-hybridized carbons (Fsp3) is 0.111. The van der Waals surface area contributed by atoms with Gasteiger partial charge >= 0.3 is 0 Å². The molecule has 3 atom stereocenters. The smallest absolute Gasteiger partial charge is 0.160 e. The molecular formula is C54H42N4. The molecule has 0 amide bonds. The Balaban J connectivity index is 1.00. The van der Waals surface area contributed by atoms with E-state index in [1.54, 1.807) is 0 Å². The van der Waals surface area contributed by atoms with Gasteiger partial charge in [0.25, 0.3) is 0 Å². The van der Waals surface area contributed by atoms with Gasteiger partial charge < -0.3 is 9.47 Å². The van der Waals surface area contributed by atoms with Crippen LogP contribution in [0.2, 0.25) is 0 Å². The summed E-state index contributed by atoms with van der Waals surface area (Å²) in [4.78, 5) is 12.7. The first-order valence-electron chi connectivity index (χ1n) is 20.3. The molecule has 4 heteroatoms. The van der Waals surface area contributed by atoms with Crippen LogP contribution < -0.4 is 4.90 Å². The average molecular weight is 747 g/mol. The van der Waals surface area contributed by atoms with Crippen molar-refractivity contribution >= 4 is 27.5 Å². The summed E-state index contributed by atoms with van der Waals surface area (Å²) in [6.45, 7) is 4.79. The van der Waals surface area contributed by atoms with E-state index >= 15 is 0 Å². The minimum absolute atomic E-state index is 0.183. The monoisotopic (exact) mass is 746 g/mol. The predicted octanol–water partition coefficient (Wildman–Crippen LogP) is 13.3. The summed E-state index contributed by atoms with van der Waals surface area (Å²) >= 11 is 0. The molecule has 3 heterocycles. The molecule has 1 aliphatic heterocycles. The van der Waals surface area contributed by atoms with Crippen LogP contribution in [0.15, 0.2) is 211 Å². The average Bonchev–Trinajstić information content (AvgIpc) is 3.80. The summed E-state index contributed by atoms with van der Waals surface area (Å²) in [7, 11) is 0. The summed E-state index contributed by atoms with van der Waals surface area (Å²) < 4.78 is 2.43. The number of hydrogen-bond donors (Lipinski definition) is 0. The summed E-state index contributed by atoms with van der Waals surface area (Å²) in [5.41, 5.74) is 15.0. The second-order valence-corrected chi connectivity index (χ2v) is 16.2. The predicted molar refractivity (Wildman–Crippen MR) is 240 cm³/mol. The summed E-state index contributed by atoms with van der Waals surface area (Å²) in [5.74, 6) is 1.39. The van der Waals surface area contributed by atoms with Gasteiger partial charge in [-0.3, -0.25) is 0 Å². The number of benzene rings is 6. The van der Waals surface area contributed by atoms with Crippen molar-refractivity contribution in [1.29, 1.82) is 0 Å². The third-order valence-electron chi connectivity index (χ3n) is 12.5. The quantitative estimate of drug-likeness (QED) is 0.170. The minimum atomic E-state index is -0.183. The highest BCUT2D eigenvalue weighted by Crippen LogP contribution is 2.53. The Morgan fingerprint density at radius 2 is 1.26 bits per heavy atom. The van der Waals surface area contributed by atoms with Crippen LogP contribution in [0.4, 0.5) is 5.69 Å². The molecule has 278 valence electrons. The Hall–Kier alpha value is -7.04. The molecule has 4 nitrogen and oxygen atoms in total. The highest BCUT2D eigenvalue weighted by Gasteiger charge is 2.44. The summed E-state index contributed by atoms with van der Waals surface area (Å²) in [6.07, 6.45) is 12.7. The zero-order valence-electron chi connectivity index (χ0n) is 32.6. The normalized spacial score (nSPS) is 19.8. The zero-order valence-corrected chi connectivity index (χ0v) is 32.6. The number of nitrogens with zero attached hydrogens (tertiary/aromatic N) is 4. The zero-order chi connectivity index (χ0) is 38.8. The van der Waals surface area contributed by atoms with E-state index in [-0.39, 0.29) is 5.41 Å². The lowest BCUT2D eigenvalue weighted by Crippen LogP contribution is -2.25. The number of anilines is 1. The number of para-hydroxylation sites is 2. The van der Waals surface area contributed by atoms with Crippen LogP contribution in [0.3, 0.4) is 0 Å². The lowest BCUT2D eigenvalue weighted by Gasteiger charge is -2.33. The maximum Gasteiger partial charge on any atom is 0.160 e. The Morgan fingerprint density at radius 3 is 2.05 bits per heavy atom. The second-order valence-electron chi connectivity index (χ2n) is 16.2. The van der Waals surface area contributed by atoms with Gasteiger partial charge in [0.2, 0.25) is 0 Å². The van der Waals surface area contributed by atoms with Crippen LogP contribution in [0.1, 0.15) is 25.8 Å². The number of allylic oxidation sites excluding steroid dienone is 6.